The summed E-state index contributed by atoms with van der Waals surface area (Å²) in [5.41, 5.74) is 3.00. The van der Waals surface area contributed by atoms with Crippen LogP contribution in [0.5, 0.6) is 0 Å². The minimum absolute atomic E-state index is 0.175. The summed E-state index contributed by atoms with van der Waals surface area (Å²) in [4.78, 5) is 0. The van der Waals surface area contributed by atoms with Crippen molar-refractivity contribution < 1.29 is 4.48 Å². The second-order valence-corrected chi connectivity index (χ2v) is 7.71. The molecule has 1 nitrogen and oxygen atoms in total. The van der Waals surface area contributed by atoms with Crippen molar-refractivity contribution in [2.24, 2.45) is 0 Å². The van der Waals surface area contributed by atoms with E-state index in [1.165, 1.54) is 11.1 Å². The van der Waals surface area contributed by atoms with Crippen LogP contribution >= 0.6 is 0 Å². The van der Waals surface area contributed by atoms with Gasteiger partial charge in [-0.3, -0.25) is 0 Å². The van der Waals surface area contributed by atoms with Gasteiger partial charge in [0, 0.05) is 6.42 Å². The van der Waals surface area contributed by atoms with Gasteiger partial charge in [-0.05, 0) is 30.4 Å². The van der Waals surface area contributed by atoms with Crippen molar-refractivity contribution in [1.82, 2.24) is 0 Å². The lowest BCUT2D eigenvalue weighted by atomic mass is 9.74. The molecule has 0 fully saturated rings. The molecule has 0 bridgehead atoms. The molecule has 1 aromatic rings. The van der Waals surface area contributed by atoms with Crippen molar-refractivity contribution in [1.29, 1.82) is 0 Å². The van der Waals surface area contributed by atoms with Gasteiger partial charge in [-0.2, -0.15) is 0 Å². The first-order chi connectivity index (χ1) is 8.49. The highest BCUT2D eigenvalue weighted by atomic mass is 15.3. The molecular formula is C18H30N+. The van der Waals surface area contributed by atoms with Gasteiger partial charge in [0.2, 0.25) is 0 Å². The van der Waals surface area contributed by atoms with Crippen LogP contribution in [0.25, 0.3) is 6.08 Å². The van der Waals surface area contributed by atoms with Crippen molar-refractivity contribution in [3.8, 4) is 0 Å². The molecule has 0 saturated heterocycles. The fourth-order valence-electron chi connectivity index (χ4n) is 2.49. The molecule has 106 valence electrons. The van der Waals surface area contributed by atoms with Gasteiger partial charge in [0.25, 0.3) is 0 Å². The van der Waals surface area contributed by atoms with Crippen LogP contribution in [0.2, 0.25) is 0 Å². The molecule has 19 heavy (non-hydrogen) atoms. The van der Waals surface area contributed by atoms with E-state index in [1.54, 1.807) is 0 Å². The fraction of sp³-hybridized carbons (Fsp3) is 0.556. The van der Waals surface area contributed by atoms with Crippen LogP contribution in [-0.2, 0) is 5.41 Å². The molecule has 0 spiro atoms. The lowest BCUT2D eigenvalue weighted by molar-refractivity contribution is -0.920. The summed E-state index contributed by atoms with van der Waals surface area (Å²) in [7, 11) is 6.82. The van der Waals surface area contributed by atoms with Crippen LogP contribution in [0.4, 0.5) is 0 Å². The first-order valence-corrected chi connectivity index (χ1v) is 7.04. The molecule has 0 heterocycles. The average Bonchev–Trinajstić information content (AvgIpc) is 2.26. The average molecular weight is 260 g/mol. The fourth-order valence-corrected chi connectivity index (χ4v) is 2.49. The topological polar surface area (TPSA) is 0 Å². The highest BCUT2D eigenvalue weighted by molar-refractivity contribution is 5.47. The van der Waals surface area contributed by atoms with Crippen LogP contribution in [0.1, 0.15) is 45.2 Å². The molecule has 1 aromatic carbocycles. The molecule has 0 aliphatic rings. The Balaban J connectivity index is 3.00. The Kier molecular flexibility index (Phi) is 4.31. The Bertz CT molecular complexity index is 430. The van der Waals surface area contributed by atoms with Gasteiger partial charge in [-0.25, -0.2) is 0 Å². The lowest BCUT2D eigenvalue weighted by Gasteiger charge is -2.45. The van der Waals surface area contributed by atoms with Crippen LogP contribution in [0.15, 0.2) is 30.8 Å². The SMILES string of the molecule is C=Cc1ccc(C(C)(C)CC(C)(C)[N+](C)(C)C)cc1. The van der Waals surface area contributed by atoms with Crippen molar-refractivity contribution in [2.75, 3.05) is 21.1 Å². The molecular weight excluding hydrogens is 230 g/mol. The van der Waals surface area contributed by atoms with E-state index in [1.807, 2.05) is 6.08 Å². The molecule has 0 aliphatic heterocycles. The van der Waals surface area contributed by atoms with E-state index in [4.69, 9.17) is 0 Å². The number of hydrogen-bond donors (Lipinski definition) is 0. The van der Waals surface area contributed by atoms with E-state index in [0.29, 0.717) is 0 Å². The maximum absolute atomic E-state index is 3.81. The highest BCUT2D eigenvalue weighted by Gasteiger charge is 2.39. The van der Waals surface area contributed by atoms with E-state index < -0.39 is 0 Å². The third-order valence-corrected chi connectivity index (χ3v) is 4.62. The molecule has 0 saturated carbocycles. The van der Waals surface area contributed by atoms with E-state index in [9.17, 15) is 0 Å². The van der Waals surface area contributed by atoms with Crippen LogP contribution in [0, 0.1) is 0 Å². The van der Waals surface area contributed by atoms with Crippen molar-refractivity contribution in [2.45, 2.75) is 45.1 Å². The van der Waals surface area contributed by atoms with Gasteiger partial charge in [-0.1, -0.05) is 50.8 Å². The van der Waals surface area contributed by atoms with E-state index in [2.05, 4.69) is 79.7 Å². The normalized spacial score (nSPS) is 13.4. The summed E-state index contributed by atoms with van der Waals surface area (Å²) < 4.78 is 0.973. The van der Waals surface area contributed by atoms with Gasteiger partial charge < -0.3 is 4.48 Å². The molecule has 0 N–H and O–H groups in total. The minimum atomic E-state index is 0.175. The third kappa shape index (κ3) is 3.70. The Morgan fingerprint density at radius 3 is 1.84 bits per heavy atom. The number of nitrogens with zero attached hydrogens (tertiary/aromatic N) is 1. The number of hydrogen-bond acceptors (Lipinski definition) is 0. The van der Waals surface area contributed by atoms with E-state index >= 15 is 0 Å². The third-order valence-electron chi connectivity index (χ3n) is 4.62. The predicted molar refractivity (Wildman–Crippen MR) is 86.3 cm³/mol. The Hall–Kier alpha value is -1.08. The monoisotopic (exact) mass is 260 g/mol. The molecule has 1 heteroatoms. The van der Waals surface area contributed by atoms with E-state index in [-0.39, 0.29) is 11.0 Å². The van der Waals surface area contributed by atoms with Crippen molar-refractivity contribution >= 4 is 6.08 Å². The van der Waals surface area contributed by atoms with Crippen molar-refractivity contribution in [3.05, 3.63) is 42.0 Å². The number of rotatable bonds is 5. The zero-order valence-corrected chi connectivity index (χ0v) is 13.7. The highest BCUT2D eigenvalue weighted by Crippen LogP contribution is 2.36. The summed E-state index contributed by atoms with van der Waals surface area (Å²) in [5.74, 6) is 0. The molecule has 1 rings (SSSR count). The maximum atomic E-state index is 3.81. The smallest absolute Gasteiger partial charge is 0.0937 e. The Morgan fingerprint density at radius 2 is 1.47 bits per heavy atom. The molecule has 0 atom stereocenters. The summed E-state index contributed by atoms with van der Waals surface area (Å²) in [6.45, 7) is 13.2. The van der Waals surface area contributed by atoms with Crippen molar-refractivity contribution in [3.63, 3.8) is 0 Å². The second kappa shape index (κ2) is 5.13. The van der Waals surface area contributed by atoms with Crippen LogP contribution in [-0.4, -0.2) is 31.2 Å². The first kappa shape index (κ1) is 16.0. The van der Waals surface area contributed by atoms with E-state index in [0.717, 1.165) is 10.9 Å². The summed E-state index contributed by atoms with van der Waals surface area (Å²) in [6, 6.07) is 8.79. The van der Waals surface area contributed by atoms with Crippen LogP contribution < -0.4 is 0 Å². The maximum Gasteiger partial charge on any atom is 0.0937 e. The molecule has 0 radical (unpaired) electrons. The molecule has 0 aliphatic carbocycles. The summed E-state index contributed by atoms with van der Waals surface area (Å²) >= 11 is 0. The zero-order valence-electron chi connectivity index (χ0n) is 13.7. The summed E-state index contributed by atoms with van der Waals surface area (Å²) in [5, 5.41) is 0. The first-order valence-electron chi connectivity index (χ1n) is 7.04. The zero-order chi connectivity index (χ0) is 14.9. The van der Waals surface area contributed by atoms with Gasteiger partial charge in [0.15, 0.2) is 0 Å². The summed E-state index contributed by atoms with van der Waals surface area (Å²) in [6.07, 6.45) is 3.05. The standard InChI is InChI=1S/C18H30N/c1-9-15-10-12-16(13-11-15)17(2,3)14-18(4,5)19(6,7)8/h9-13H,1,14H2,2-8H3/q+1. The van der Waals surface area contributed by atoms with Gasteiger partial charge >= 0.3 is 0 Å². The minimum Gasteiger partial charge on any atom is -0.327 e. The second-order valence-electron chi connectivity index (χ2n) is 7.71. The van der Waals surface area contributed by atoms with Gasteiger partial charge in [0.05, 0.1) is 26.7 Å². The largest absolute Gasteiger partial charge is 0.327 e. The van der Waals surface area contributed by atoms with Gasteiger partial charge in [0.1, 0.15) is 0 Å². The predicted octanol–water partition coefficient (Wildman–Crippen LogP) is 4.48. The van der Waals surface area contributed by atoms with Crippen LogP contribution in [0.3, 0.4) is 0 Å². The van der Waals surface area contributed by atoms with Gasteiger partial charge in [-0.15, -0.1) is 0 Å². The quantitative estimate of drug-likeness (QED) is 0.685. The lowest BCUT2D eigenvalue weighted by Crippen LogP contribution is -2.55. The molecule has 0 unspecified atom stereocenters. The number of benzene rings is 1. The molecule has 0 aromatic heterocycles. The molecule has 0 amide bonds. The number of quaternary nitrogens is 1. The Morgan fingerprint density at radius 1 is 1.00 bits per heavy atom. The Labute approximate surface area is 119 Å².